The van der Waals surface area contributed by atoms with Crippen LogP contribution in [0.3, 0.4) is 0 Å². The van der Waals surface area contributed by atoms with Crippen LogP contribution < -0.4 is 0 Å². The Hall–Kier alpha value is -3.32. The van der Waals surface area contributed by atoms with E-state index in [-0.39, 0.29) is 19.4 Å². The van der Waals surface area contributed by atoms with Gasteiger partial charge in [-0.05, 0) is 77.0 Å². The molecule has 0 bridgehead atoms. The van der Waals surface area contributed by atoms with Gasteiger partial charge in [-0.15, -0.1) is 0 Å². The zero-order chi connectivity index (χ0) is 51.0. The normalized spacial score (nSPS) is 26.1. The Morgan fingerprint density at radius 2 is 0.957 bits per heavy atom. The number of aliphatic hydroxyl groups excluding tert-OH is 7. The van der Waals surface area contributed by atoms with Gasteiger partial charge in [0.15, 0.2) is 18.7 Å². The van der Waals surface area contributed by atoms with E-state index < -0.39 is 99.3 Å². The van der Waals surface area contributed by atoms with Gasteiger partial charge in [-0.3, -0.25) is 9.59 Å². The lowest BCUT2D eigenvalue weighted by Gasteiger charge is -2.42. The van der Waals surface area contributed by atoms with Crippen LogP contribution in [0.1, 0.15) is 155 Å². The SMILES string of the molecule is CC/C=C/C=C/C=C/CCCCCCCC(=O)OC(COC(=O)CCCCCCC/C=C/C/C=C/C/C=C/C/C=C/CCCCC)CO[C@@H]1O[C@H](CO[C@@H]2O[C@H](CO)[C@H](O)C(O)C2O)[C@H](O)C(O)C1O. The predicted octanol–water partition coefficient (Wildman–Crippen LogP) is 7.60. The maximum Gasteiger partial charge on any atom is 0.306 e. The summed E-state index contributed by atoms with van der Waals surface area (Å²) in [4.78, 5) is 25.8. The quantitative estimate of drug-likeness (QED) is 0.0136. The summed E-state index contributed by atoms with van der Waals surface area (Å²) in [6.45, 7) is 2.36. The maximum atomic E-state index is 13.0. The Morgan fingerprint density at radius 3 is 1.53 bits per heavy atom. The lowest BCUT2D eigenvalue weighted by atomic mass is 9.98. The second-order valence-electron chi connectivity index (χ2n) is 18.0. The maximum absolute atomic E-state index is 13.0. The van der Waals surface area contributed by atoms with E-state index in [9.17, 15) is 45.3 Å². The Labute approximate surface area is 418 Å². The van der Waals surface area contributed by atoms with Gasteiger partial charge in [0, 0.05) is 12.8 Å². The van der Waals surface area contributed by atoms with Crippen LogP contribution in [0.2, 0.25) is 0 Å². The average Bonchev–Trinajstić information content (AvgIpc) is 3.35. The lowest BCUT2D eigenvalue weighted by molar-refractivity contribution is -0.332. The molecule has 2 fully saturated rings. The fourth-order valence-corrected chi connectivity index (χ4v) is 7.61. The minimum absolute atomic E-state index is 0.133. The van der Waals surface area contributed by atoms with Crippen LogP contribution >= 0.6 is 0 Å². The van der Waals surface area contributed by atoms with E-state index in [0.29, 0.717) is 12.8 Å². The van der Waals surface area contributed by atoms with E-state index in [0.717, 1.165) is 89.9 Å². The third kappa shape index (κ3) is 28.7. The van der Waals surface area contributed by atoms with E-state index in [1.165, 1.54) is 25.7 Å². The standard InChI is InChI=1S/C55H90O15/c1-3-5-7-9-11-13-15-17-18-19-20-21-22-23-24-26-27-29-31-33-35-37-46(57)65-40-43(68-47(58)38-36-34-32-30-28-25-16-14-12-10-8-6-4-2)41-66-54-53(64)51(62)49(60)45(70-54)42-67-55-52(63)50(61)48(59)44(39-56)69-55/h6,8,10-14,16-18,20-21,23-24,43-45,48-56,59-64H,3-5,7,9,15,19,22,25-42H2,1-2H3/b8-6+,12-10+,13-11+,16-14+,18-17+,21-20+,24-23+/t43?,44-,45-,48+,49+,50?,51?,52?,53?,54-,55-/m1/s1. The predicted molar refractivity (Wildman–Crippen MR) is 270 cm³/mol. The highest BCUT2D eigenvalue weighted by Crippen LogP contribution is 2.26. The van der Waals surface area contributed by atoms with Crippen molar-refractivity contribution in [2.75, 3.05) is 26.4 Å². The van der Waals surface area contributed by atoms with Crippen LogP contribution in [0.25, 0.3) is 0 Å². The lowest BCUT2D eigenvalue weighted by Crippen LogP contribution is -2.61. The number of carbonyl (C=O) groups is 2. The molecule has 11 atom stereocenters. The number of esters is 2. The second kappa shape index (κ2) is 41.2. The first-order valence-electron chi connectivity index (χ1n) is 26.2. The Bertz CT molecular complexity index is 1540. The smallest absolute Gasteiger partial charge is 0.306 e. The van der Waals surface area contributed by atoms with Crippen molar-refractivity contribution >= 4 is 11.9 Å². The van der Waals surface area contributed by atoms with Gasteiger partial charge in [-0.1, -0.05) is 150 Å². The Morgan fingerprint density at radius 1 is 0.486 bits per heavy atom. The fraction of sp³-hybridized carbons (Fsp3) is 0.709. The molecule has 0 aromatic rings. The molecule has 2 heterocycles. The molecule has 70 heavy (non-hydrogen) atoms. The van der Waals surface area contributed by atoms with Gasteiger partial charge in [-0.2, -0.15) is 0 Å². The third-order valence-electron chi connectivity index (χ3n) is 11.9. The number of ether oxygens (including phenoxy) is 6. The molecule has 15 heteroatoms. The molecule has 0 aromatic carbocycles. The highest BCUT2D eigenvalue weighted by Gasteiger charge is 2.47. The van der Waals surface area contributed by atoms with Gasteiger partial charge in [0.05, 0.1) is 19.8 Å². The summed E-state index contributed by atoms with van der Waals surface area (Å²) < 4.78 is 33.5. The first kappa shape index (κ1) is 62.8. The van der Waals surface area contributed by atoms with E-state index in [1.807, 2.05) is 24.3 Å². The molecule has 5 unspecified atom stereocenters. The van der Waals surface area contributed by atoms with Crippen molar-refractivity contribution in [3.05, 3.63) is 85.1 Å². The van der Waals surface area contributed by atoms with Crippen LogP contribution in [0.4, 0.5) is 0 Å². The van der Waals surface area contributed by atoms with Crippen LogP contribution in [-0.2, 0) is 38.0 Å². The van der Waals surface area contributed by atoms with Gasteiger partial charge in [-0.25, -0.2) is 0 Å². The molecule has 2 rings (SSSR count). The van der Waals surface area contributed by atoms with Gasteiger partial charge >= 0.3 is 11.9 Å². The summed E-state index contributed by atoms with van der Waals surface area (Å²) in [5, 5.41) is 72.1. The average molecular weight is 991 g/mol. The van der Waals surface area contributed by atoms with Crippen LogP contribution in [0, 0.1) is 0 Å². The largest absolute Gasteiger partial charge is 0.462 e. The highest BCUT2D eigenvalue weighted by molar-refractivity contribution is 5.70. The molecule has 15 nitrogen and oxygen atoms in total. The van der Waals surface area contributed by atoms with Crippen molar-refractivity contribution in [1.82, 2.24) is 0 Å². The molecular formula is C55H90O15. The molecular weight excluding hydrogens is 901 g/mol. The molecule has 0 aromatic heterocycles. The number of aliphatic hydroxyl groups is 7. The van der Waals surface area contributed by atoms with Gasteiger partial charge < -0.3 is 64.2 Å². The number of allylic oxidation sites excluding steroid dienone is 14. The summed E-state index contributed by atoms with van der Waals surface area (Å²) in [7, 11) is 0. The Balaban J connectivity index is 1.80. The highest BCUT2D eigenvalue weighted by atomic mass is 16.7. The van der Waals surface area contributed by atoms with E-state index in [2.05, 4.69) is 74.6 Å². The molecule has 0 aliphatic carbocycles. The molecule has 0 amide bonds. The summed E-state index contributed by atoms with van der Waals surface area (Å²) in [6.07, 6.45) is 33.2. The molecule has 0 radical (unpaired) electrons. The van der Waals surface area contributed by atoms with Crippen molar-refractivity contribution in [2.24, 2.45) is 0 Å². The van der Waals surface area contributed by atoms with Crippen LogP contribution in [0.5, 0.6) is 0 Å². The minimum atomic E-state index is -1.78. The number of hydrogen-bond donors (Lipinski definition) is 7. The first-order valence-corrected chi connectivity index (χ1v) is 26.2. The van der Waals surface area contributed by atoms with Crippen molar-refractivity contribution in [3.63, 3.8) is 0 Å². The second-order valence-corrected chi connectivity index (χ2v) is 18.0. The van der Waals surface area contributed by atoms with E-state index in [4.69, 9.17) is 28.4 Å². The van der Waals surface area contributed by atoms with Gasteiger partial charge in [0.1, 0.15) is 55.4 Å². The van der Waals surface area contributed by atoms with Gasteiger partial charge in [0.25, 0.3) is 0 Å². The van der Waals surface area contributed by atoms with Crippen molar-refractivity contribution in [2.45, 2.75) is 223 Å². The van der Waals surface area contributed by atoms with Gasteiger partial charge in [0.2, 0.25) is 0 Å². The third-order valence-corrected chi connectivity index (χ3v) is 11.9. The summed E-state index contributed by atoms with van der Waals surface area (Å²) >= 11 is 0. The monoisotopic (exact) mass is 991 g/mol. The summed E-state index contributed by atoms with van der Waals surface area (Å²) in [6, 6.07) is 0. The number of unbranched alkanes of at least 4 members (excludes halogenated alkanes) is 13. The molecule has 0 spiro atoms. The summed E-state index contributed by atoms with van der Waals surface area (Å²) in [5.41, 5.74) is 0. The topological polar surface area (TPSA) is 231 Å². The molecule has 0 saturated carbocycles. The fourth-order valence-electron chi connectivity index (χ4n) is 7.61. The zero-order valence-corrected chi connectivity index (χ0v) is 42.2. The van der Waals surface area contributed by atoms with E-state index >= 15 is 0 Å². The molecule has 7 N–H and O–H groups in total. The van der Waals surface area contributed by atoms with Crippen LogP contribution in [0.15, 0.2) is 85.1 Å². The molecule has 400 valence electrons. The van der Waals surface area contributed by atoms with Crippen molar-refractivity contribution < 1.29 is 73.8 Å². The first-order chi connectivity index (χ1) is 34.0. The molecule has 2 aliphatic heterocycles. The number of hydrogen-bond acceptors (Lipinski definition) is 15. The Kier molecular flexibility index (Phi) is 36.9. The van der Waals surface area contributed by atoms with E-state index in [1.54, 1.807) is 0 Å². The van der Waals surface area contributed by atoms with Crippen molar-refractivity contribution in [3.8, 4) is 0 Å². The number of carbonyl (C=O) groups excluding carboxylic acids is 2. The number of rotatable bonds is 39. The van der Waals surface area contributed by atoms with Crippen LogP contribution in [-0.4, -0.2) is 142 Å². The summed E-state index contributed by atoms with van der Waals surface area (Å²) in [5.74, 6) is -0.978. The minimum Gasteiger partial charge on any atom is -0.462 e. The zero-order valence-electron chi connectivity index (χ0n) is 42.2. The molecule has 2 saturated heterocycles. The van der Waals surface area contributed by atoms with Crippen molar-refractivity contribution in [1.29, 1.82) is 0 Å². The molecule has 2 aliphatic rings.